The average molecular weight is 204 g/mol. The van der Waals surface area contributed by atoms with Crippen LogP contribution in [0.25, 0.3) is 0 Å². The number of hydrogen-bond acceptors (Lipinski definition) is 3. The molecule has 0 aliphatic carbocycles. The van der Waals surface area contributed by atoms with Crippen molar-refractivity contribution in [2.75, 3.05) is 0 Å². The van der Waals surface area contributed by atoms with Crippen LogP contribution in [-0.4, -0.2) is 25.2 Å². The summed E-state index contributed by atoms with van der Waals surface area (Å²) in [5.41, 5.74) is 1.71. The second-order valence-electron chi connectivity index (χ2n) is 3.47. The molecule has 0 aliphatic rings. The Hall–Kier alpha value is -1.91. The standard InChI is InChI=1S/C10H12N4O/c1-8-5-9(2)14(12-8)10(15)6-13-4-3-11-7-13/h3-5,7H,6H2,1-2H3. The van der Waals surface area contributed by atoms with Gasteiger partial charge in [0.25, 0.3) is 5.91 Å². The molecule has 0 amide bonds. The van der Waals surface area contributed by atoms with Crippen LogP contribution in [0.5, 0.6) is 0 Å². The fourth-order valence-corrected chi connectivity index (χ4v) is 1.48. The quantitative estimate of drug-likeness (QED) is 0.734. The van der Waals surface area contributed by atoms with Gasteiger partial charge < -0.3 is 4.57 Å². The molecule has 0 N–H and O–H groups in total. The number of nitrogens with zero attached hydrogens (tertiary/aromatic N) is 4. The summed E-state index contributed by atoms with van der Waals surface area (Å²) in [6.45, 7) is 4.00. The summed E-state index contributed by atoms with van der Waals surface area (Å²) >= 11 is 0. The van der Waals surface area contributed by atoms with E-state index in [-0.39, 0.29) is 12.5 Å². The molecule has 0 radical (unpaired) electrons. The van der Waals surface area contributed by atoms with E-state index in [4.69, 9.17) is 0 Å². The summed E-state index contributed by atoms with van der Waals surface area (Å²) in [5, 5.41) is 4.12. The topological polar surface area (TPSA) is 52.7 Å². The highest BCUT2D eigenvalue weighted by atomic mass is 16.2. The molecule has 0 atom stereocenters. The lowest BCUT2D eigenvalue weighted by atomic mass is 10.4. The predicted molar refractivity (Wildman–Crippen MR) is 54.6 cm³/mol. The molecule has 78 valence electrons. The summed E-state index contributed by atoms with van der Waals surface area (Å²) in [6.07, 6.45) is 5.02. The van der Waals surface area contributed by atoms with E-state index < -0.39 is 0 Å². The van der Waals surface area contributed by atoms with E-state index in [1.807, 2.05) is 19.9 Å². The largest absolute Gasteiger partial charge is 0.328 e. The minimum Gasteiger partial charge on any atom is -0.328 e. The van der Waals surface area contributed by atoms with Crippen LogP contribution in [0, 0.1) is 13.8 Å². The first kappa shape index (κ1) is 9.64. The third-order valence-electron chi connectivity index (χ3n) is 2.12. The van der Waals surface area contributed by atoms with E-state index in [2.05, 4.69) is 10.1 Å². The zero-order valence-corrected chi connectivity index (χ0v) is 8.71. The van der Waals surface area contributed by atoms with Gasteiger partial charge in [-0.25, -0.2) is 9.67 Å². The van der Waals surface area contributed by atoms with Crippen LogP contribution in [0.1, 0.15) is 16.2 Å². The van der Waals surface area contributed by atoms with E-state index in [1.54, 1.807) is 23.3 Å². The van der Waals surface area contributed by atoms with Gasteiger partial charge in [-0.05, 0) is 19.9 Å². The van der Waals surface area contributed by atoms with Crippen molar-refractivity contribution in [3.05, 3.63) is 36.2 Å². The smallest absolute Gasteiger partial charge is 0.267 e. The number of rotatable bonds is 2. The fourth-order valence-electron chi connectivity index (χ4n) is 1.48. The zero-order chi connectivity index (χ0) is 10.8. The van der Waals surface area contributed by atoms with Crippen LogP contribution < -0.4 is 0 Å². The second kappa shape index (κ2) is 3.68. The van der Waals surface area contributed by atoms with Crippen molar-refractivity contribution in [2.24, 2.45) is 0 Å². The lowest BCUT2D eigenvalue weighted by Crippen LogP contribution is -2.19. The van der Waals surface area contributed by atoms with E-state index in [9.17, 15) is 4.79 Å². The summed E-state index contributed by atoms with van der Waals surface area (Å²) in [4.78, 5) is 15.7. The average Bonchev–Trinajstić information content (AvgIpc) is 2.75. The Balaban J connectivity index is 2.18. The number of imidazole rings is 1. The molecule has 15 heavy (non-hydrogen) atoms. The lowest BCUT2D eigenvalue weighted by molar-refractivity contribution is 0.0872. The van der Waals surface area contributed by atoms with Crippen LogP contribution >= 0.6 is 0 Å². The third-order valence-corrected chi connectivity index (χ3v) is 2.12. The molecule has 0 saturated heterocycles. The molecular formula is C10H12N4O. The molecule has 0 bridgehead atoms. The van der Waals surface area contributed by atoms with Gasteiger partial charge in [-0.15, -0.1) is 0 Å². The van der Waals surface area contributed by atoms with Gasteiger partial charge in [-0.1, -0.05) is 0 Å². The van der Waals surface area contributed by atoms with E-state index in [0.29, 0.717) is 0 Å². The molecule has 5 heteroatoms. The van der Waals surface area contributed by atoms with Crippen molar-refractivity contribution in [2.45, 2.75) is 20.4 Å². The van der Waals surface area contributed by atoms with Gasteiger partial charge in [-0.3, -0.25) is 4.79 Å². The number of hydrogen-bond donors (Lipinski definition) is 0. The summed E-state index contributed by atoms with van der Waals surface area (Å²) in [5.74, 6) is -0.0569. The van der Waals surface area contributed by atoms with Gasteiger partial charge in [0, 0.05) is 18.1 Å². The van der Waals surface area contributed by atoms with E-state index in [0.717, 1.165) is 11.4 Å². The molecular weight excluding hydrogens is 192 g/mol. The van der Waals surface area contributed by atoms with Crippen LogP contribution in [0.3, 0.4) is 0 Å². The molecule has 2 aromatic rings. The third kappa shape index (κ3) is 1.96. The maximum Gasteiger partial charge on any atom is 0.267 e. The first-order chi connectivity index (χ1) is 7.16. The van der Waals surface area contributed by atoms with Crippen LogP contribution in [-0.2, 0) is 6.54 Å². The highest BCUT2D eigenvalue weighted by Gasteiger charge is 2.09. The highest BCUT2D eigenvalue weighted by molar-refractivity contribution is 5.78. The lowest BCUT2D eigenvalue weighted by Gasteiger charge is -2.03. The molecule has 2 aromatic heterocycles. The van der Waals surface area contributed by atoms with E-state index >= 15 is 0 Å². The van der Waals surface area contributed by atoms with Gasteiger partial charge in [0.05, 0.1) is 12.0 Å². The van der Waals surface area contributed by atoms with Crippen molar-refractivity contribution in [1.29, 1.82) is 0 Å². The summed E-state index contributed by atoms with van der Waals surface area (Å²) in [6, 6.07) is 1.88. The van der Waals surface area contributed by atoms with Crippen LogP contribution in [0.2, 0.25) is 0 Å². The van der Waals surface area contributed by atoms with E-state index in [1.165, 1.54) is 4.68 Å². The monoisotopic (exact) mass is 204 g/mol. The normalized spacial score (nSPS) is 10.5. The second-order valence-corrected chi connectivity index (χ2v) is 3.47. The van der Waals surface area contributed by atoms with Gasteiger partial charge in [0.15, 0.2) is 0 Å². The Bertz CT molecular complexity index is 470. The molecule has 0 fully saturated rings. The molecule has 0 aliphatic heterocycles. The van der Waals surface area contributed by atoms with Gasteiger partial charge >= 0.3 is 0 Å². The highest BCUT2D eigenvalue weighted by Crippen LogP contribution is 2.02. The van der Waals surface area contributed by atoms with Crippen LogP contribution in [0.15, 0.2) is 24.8 Å². The molecule has 0 aromatic carbocycles. The number of carbonyl (C=O) groups is 1. The number of aryl methyl sites for hydroxylation is 2. The van der Waals surface area contributed by atoms with Crippen molar-refractivity contribution in [3.8, 4) is 0 Å². The SMILES string of the molecule is Cc1cc(C)n(C(=O)Cn2ccnc2)n1. The first-order valence-corrected chi connectivity index (χ1v) is 4.69. The van der Waals surface area contributed by atoms with Gasteiger partial charge in [0.2, 0.25) is 0 Å². The maximum atomic E-state index is 11.8. The molecule has 0 spiro atoms. The Morgan fingerprint density at radius 1 is 1.47 bits per heavy atom. The fraction of sp³-hybridized carbons (Fsp3) is 0.300. The number of aromatic nitrogens is 4. The molecule has 5 nitrogen and oxygen atoms in total. The minimum absolute atomic E-state index is 0.0569. The number of carbonyl (C=O) groups excluding carboxylic acids is 1. The van der Waals surface area contributed by atoms with Crippen molar-refractivity contribution in [3.63, 3.8) is 0 Å². The predicted octanol–water partition coefficient (Wildman–Crippen LogP) is 1.04. The molecule has 0 saturated carbocycles. The zero-order valence-electron chi connectivity index (χ0n) is 8.71. The van der Waals surface area contributed by atoms with Crippen molar-refractivity contribution < 1.29 is 4.79 Å². The summed E-state index contributed by atoms with van der Waals surface area (Å²) < 4.78 is 3.15. The Kier molecular flexibility index (Phi) is 2.37. The Morgan fingerprint density at radius 3 is 2.80 bits per heavy atom. The van der Waals surface area contributed by atoms with Crippen molar-refractivity contribution in [1.82, 2.24) is 19.3 Å². The van der Waals surface area contributed by atoms with Gasteiger partial charge in [0.1, 0.15) is 6.54 Å². The van der Waals surface area contributed by atoms with Crippen LogP contribution in [0.4, 0.5) is 0 Å². The Labute approximate surface area is 87.4 Å². The Morgan fingerprint density at radius 2 is 2.27 bits per heavy atom. The van der Waals surface area contributed by atoms with Crippen molar-refractivity contribution >= 4 is 5.91 Å². The molecule has 0 unspecified atom stereocenters. The minimum atomic E-state index is -0.0569. The van der Waals surface area contributed by atoms with Gasteiger partial charge in [-0.2, -0.15) is 5.10 Å². The summed E-state index contributed by atoms with van der Waals surface area (Å²) in [7, 11) is 0. The maximum absolute atomic E-state index is 11.8. The molecule has 2 rings (SSSR count). The first-order valence-electron chi connectivity index (χ1n) is 4.69. The molecule has 2 heterocycles.